The molecule has 4 heteroatoms. The quantitative estimate of drug-likeness (QED) is 0.798. The number of aromatic hydroxyl groups is 1. The summed E-state index contributed by atoms with van der Waals surface area (Å²) in [5.74, 6) is 2.49. The van der Waals surface area contributed by atoms with Gasteiger partial charge in [0.25, 0.3) is 0 Å². The fourth-order valence-electron chi connectivity index (χ4n) is 1.97. The smallest absolute Gasteiger partial charge is 0.134 e. The first-order valence-electron chi connectivity index (χ1n) is 5.82. The predicted octanol–water partition coefficient (Wildman–Crippen LogP) is 3.99. The van der Waals surface area contributed by atoms with Gasteiger partial charge in [-0.15, -0.1) is 0 Å². The van der Waals surface area contributed by atoms with Gasteiger partial charge in [-0.1, -0.05) is 25.4 Å². The van der Waals surface area contributed by atoms with Gasteiger partial charge in [-0.05, 0) is 35.8 Å². The van der Waals surface area contributed by atoms with Crippen LogP contribution >= 0.6 is 23.4 Å². The Morgan fingerprint density at radius 1 is 1.47 bits per heavy atom. The van der Waals surface area contributed by atoms with Gasteiger partial charge in [0.05, 0.1) is 5.02 Å². The highest BCUT2D eigenvalue weighted by atomic mass is 35.5. The molecule has 1 aromatic carbocycles. The minimum absolute atomic E-state index is 0.134. The van der Waals surface area contributed by atoms with E-state index in [0.717, 1.165) is 11.4 Å². The minimum Gasteiger partial charge on any atom is -0.506 e. The topological polar surface area (TPSA) is 32.3 Å². The summed E-state index contributed by atoms with van der Waals surface area (Å²) in [7, 11) is 0. The maximum atomic E-state index is 9.39. The second kappa shape index (κ2) is 4.99. The highest BCUT2D eigenvalue weighted by Gasteiger charge is 2.32. The molecule has 94 valence electrons. The van der Waals surface area contributed by atoms with Crippen LogP contribution in [0.15, 0.2) is 18.2 Å². The van der Waals surface area contributed by atoms with E-state index in [1.807, 2.05) is 17.8 Å². The summed E-state index contributed by atoms with van der Waals surface area (Å²) in [6, 6.07) is 5.73. The van der Waals surface area contributed by atoms with Crippen molar-refractivity contribution in [3.63, 3.8) is 0 Å². The summed E-state index contributed by atoms with van der Waals surface area (Å²) in [6.07, 6.45) is 1.22. The lowest BCUT2D eigenvalue weighted by molar-refractivity contribution is 0.305. The molecule has 1 fully saturated rings. The van der Waals surface area contributed by atoms with Gasteiger partial charge in [-0.25, -0.2) is 0 Å². The normalized spacial score (nSPS) is 23.4. The van der Waals surface area contributed by atoms with E-state index < -0.39 is 0 Å². The van der Waals surface area contributed by atoms with E-state index in [4.69, 9.17) is 11.6 Å². The van der Waals surface area contributed by atoms with Crippen LogP contribution in [0, 0.1) is 5.41 Å². The summed E-state index contributed by atoms with van der Waals surface area (Å²) >= 11 is 7.89. The van der Waals surface area contributed by atoms with Crippen molar-refractivity contribution in [3.8, 4) is 5.75 Å². The number of halogens is 1. The van der Waals surface area contributed by atoms with Gasteiger partial charge in [0.2, 0.25) is 0 Å². The van der Waals surface area contributed by atoms with Crippen LogP contribution in [0.3, 0.4) is 0 Å². The highest BCUT2D eigenvalue weighted by molar-refractivity contribution is 7.99. The molecule has 1 aliphatic rings. The molecule has 0 spiro atoms. The van der Waals surface area contributed by atoms with Gasteiger partial charge in [0.15, 0.2) is 0 Å². The van der Waals surface area contributed by atoms with E-state index in [2.05, 4.69) is 19.2 Å². The third-order valence-electron chi connectivity index (χ3n) is 3.41. The molecule has 2 rings (SSSR count). The van der Waals surface area contributed by atoms with Crippen molar-refractivity contribution in [3.05, 3.63) is 23.2 Å². The van der Waals surface area contributed by atoms with Crippen LogP contribution < -0.4 is 5.32 Å². The fourth-order valence-corrected chi connectivity index (χ4v) is 3.76. The lowest BCUT2D eigenvalue weighted by Crippen LogP contribution is -2.41. The van der Waals surface area contributed by atoms with Crippen LogP contribution in [0.25, 0.3) is 0 Å². The molecule has 17 heavy (non-hydrogen) atoms. The third kappa shape index (κ3) is 3.02. The second-order valence-electron chi connectivity index (χ2n) is 5.18. The molecule has 1 unspecified atom stereocenters. The molecule has 0 amide bonds. The molecule has 1 aromatic rings. The van der Waals surface area contributed by atoms with Crippen molar-refractivity contribution >= 4 is 29.1 Å². The Morgan fingerprint density at radius 3 is 2.88 bits per heavy atom. The van der Waals surface area contributed by atoms with E-state index in [9.17, 15) is 5.11 Å². The maximum Gasteiger partial charge on any atom is 0.134 e. The average molecular weight is 272 g/mol. The fraction of sp³-hybridized carbons (Fsp3) is 0.538. The van der Waals surface area contributed by atoms with Crippen molar-refractivity contribution < 1.29 is 5.11 Å². The molecule has 1 aliphatic heterocycles. The molecule has 0 bridgehead atoms. The number of anilines is 1. The van der Waals surface area contributed by atoms with Crippen LogP contribution in [-0.4, -0.2) is 22.7 Å². The number of rotatable bonds is 2. The molecule has 1 atom stereocenters. The average Bonchev–Trinajstić information content (AvgIpc) is 2.26. The SMILES string of the molecule is CC1(C)CCSCC1Nc1ccc(O)c(Cl)c1. The van der Waals surface area contributed by atoms with E-state index in [-0.39, 0.29) is 5.75 Å². The lowest BCUT2D eigenvalue weighted by atomic mass is 9.82. The Hall–Kier alpha value is -0.540. The Kier molecular flexibility index (Phi) is 3.79. The molecule has 2 nitrogen and oxygen atoms in total. The Labute approximate surface area is 112 Å². The first-order chi connectivity index (χ1) is 7.99. The molecular formula is C13H18ClNOS. The van der Waals surface area contributed by atoms with Gasteiger partial charge in [-0.3, -0.25) is 0 Å². The number of benzene rings is 1. The molecule has 0 aromatic heterocycles. The van der Waals surface area contributed by atoms with Gasteiger partial charge < -0.3 is 10.4 Å². The van der Waals surface area contributed by atoms with Gasteiger partial charge in [0, 0.05) is 17.5 Å². The number of hydrogen-bond acceptors (Lipinski definition) is 3. The summed E-state index contributed by atoms with van der Waals surface area (Å²) in [6.45, 7) is 4.60. The first kappa shape index (κ1) is 12.9. The van der Waals surface area contributed by atoms with Crippen molar-refractivity contribution in [1.82, 2.24) is 0 Å². The first-order valence-corrected chi connectivity index (χ1v) is 7.35. The monoisotopic (exact) mass is 271 g/mol. The van der Waals surface area contributed by atoms with Gasteiger partial charge >= 0.3 is 0 Å². The van der Waals surface area contributed by atoms with Crippen molar-refractivity contribution in [2.45, 2.75) is 26.3 Å². The number of thioether (sulfide) groups is 1. The van der Waals surface area contributed by atoms with Crippen molar-refractivity contribution in [2.75, 3.05) is 16.8 Å². The Bertz CT molecular complexity index is 408. The van der Waals surface area contributed by atoms with Crippen LogP contribution in [0.1, 0.15) is 20.3 Å². The second-order valence-corrected chi connectivity index (χ2v) is 6.73. The van der Waals surface area contributed by atoms with Gasteiger partial charge in [0.1, 0.15) is 5.75 Å². The van der Waals surface area contributed by atoms with E-state index in [1.165, 1.54) is 12.2 Å². The highest BCUT2D eigenvalue weighted by Crippen LogP contribution is 2.36. The molecule has 1 saturated heterocycles. The number of phenols is 1. The maximum absolute atomic E-state index is 9.39. The van der Waals surface area contributed by atoms with E-state index >= 15 is 0 Å². The van der Waals surface area contributed by atoms with E-state index in [1.54, 1.807) is 12.1 Å². The number of hydrogen-bond donors (Lipinski definition) is 2. The summed E-state index contributed by atoms with van der Waals surface area (Å²) < 4.78 is 0. The number of nitrogens with one attached hydrogen (secondary N) is 1. The lowest BCUT2D eigenvalue weighted by Gasteiger charge is -2.39. The Morgan fingerprint density at radius 2 is 2.24 bits per heavy atom. The van der Waals surface area contributed by atoms with Gasteiger partial charge in [-0.2, -0.15) is 11.8 Å². The summed E-state index contributed by atoms with van der Waals surface area (Å²) in [5.41, 5.74) is 1.28. The largest absolute Gasteiger partial charge is 0.506 e. The Balaban J connectivity index is 2.11. The molecular weight excluding hydrogens is 254 g/mol. The number of phenolic OH excluding ortho intramolecular Hbond substituents is 1. The van der Waals surface area contributed by atoms with Crippen LogP contribution in [0.5, 0.6) is 5.75 Å². The van der Waals surface area contributed by atoms with Crippen LogP contribution in [-0.2, 0) is 0 Å². The predicted molar refractivity (Wildman–Crippen MR) is 76.3 cm³/mol. The summed E-state index contributed by atoms with van der Waals surface area (Å²) in [4.78, 5) is 0. The third-order valence-corrected chi connectivity index (χ3v) is 4.77. The molecule has 1 heterocycles. The standard InChI is InChI=1S/C13H18ClNOS/c1-13(2)5-6-17-8-12(13)15-9-3-4-11(16)10(14)7-9/h3-4,7,12,15-16H,5-6,8H2,1-2H3. The van der Waals surface area contributed by atoms with Crippen LogP contribution in [0.4, 0.5) is 5.69 Å². The van der Waals surface area contributed by atoms with Crippen LogP contribution in [0.2, 0.25) is 5.02 Å². The summed E-state index contributed by atoms with van der Waals surface area (Å²) in [5, 5.41) is 13.3. The zero-order valence-corrected chi connectivity index (χ0v) is 11.7. The molecule has 2 N–H and O–H groups in total. The molecule has 0 saturated carbocycles. The van der Waals surface area contributed by atoms with Crippen molar-refractivity contribution in [2.24, 2.45) is 5.41 Å². The molecule has 0 radical (unpaired) electrons. The van der Waals surface area contributed by atoms with E-state index in [0.29, 0.717) is 16.5 Å². The van der Waals surface area contributed by atoms with Crippen molar-refractivity contribution in [1.29, 1.82) is 0 Å². The molecule has 0 aliphatic carbocycles. The zero-order chi connectivity index (χ0) is 12.5. The zero-order valence-electron chi connectivity index (χ0n) is 10.2. The minimum atomic E-state index is 0.134.